The molecule has 0 radical (unpaired) electrons. The van der Waals surface area contributed by atoms with Crippen molar-refractivity contribution in [3.05, 3.63) is 101 Å². The van der Waals surface area contributed by atoms with Gasteiger partial charge in [0.05, 0.1) is 6.04 Å². The van der Waals surface area contributed by atoms with Crippen molar-refractivity contribution in [2.24, 2.45) is 5.92 Å². The highest BCUT2D eigenvalue weighted by molar-refractivity contribution is 6.06. The van der Waals surface area contributed by atoms with Crippen molar-refractivity contribution in [2.75, 3.05) is 11.9 Å². The number of rotatable bonds is 5. The van der Waals surface area contributed by atoms with Gasteiger partial charge in [-0.2, -0.15) is 0 Å². The minimum Gasteiger partial charge on any atom is -0.348 e. The standard InChI is InChI=1S/C26H29N3O.C7H14/c1-19-10-8-12-23(18-19)20(2)29(21(3)27)26(30)22-11-9-15-25(17-16-22)28(4)24-13-6-5-7-14-24;1-7-5-3-2-4-6-7/h5-16,18,20,27H,17H2,1-4H3;7H,2-6H2,1H3. The summed E-state index contributed by atoms with van der Waals surface area (Å²) in [5.41, 5.74) is 4.97. The van der Waals surface area contributed by atoms with Crippen molar-refractivity contribution in [3.63, 3.8) is 0 Å². The lowest BCUT2D eigenvalue weighted by Crippen LogP contribution is -2.37. The van der Waals surface area contributed by atoms with E-state index in [1.807, 2.05) is 81.6 Å². The molecule has 2 aromatic carbocycles. The molecule has 1 atom stereocenters. The van der Waals surface area contributed by atoms with Gasteiger partial charge in [0, 0.05) is 30.4 Å². The maximum Gasteiger partial charge on any atom is 0.259 e. The summed E-state index contributed by atoms with van der Waals surface area (Å²) in [6.07, 6.45) is 15.8. The van der Waals surface area contributed by atoms with Crippen molar-refractivity contribution in [1.82, 2.24) is 4.90 Å². The van der Waals surface area contributed by atoms with E-state index in [4.69, 9.17) is 5.41 Å². The van der Waals surface area contributed by atoms with Crippen LogP contribution < -0.4 is 4.90 Å². The van der Waals surface area contributed by atoms with E-state index in [-0.39, 0.29) is 17.8 Å². The van der Waals surface area contributed by atoms with E-state index < -0.39 is 0 Å². The highest BCUT2D eigenvalue weighted by atomic mass is 16.2. The smallest absolute Gasteiger partial charge is 0.259 e. The Balaban J connectivity index is 0.000000468. The summed E-state index contributed by atoms with van der Waals surface area (Å²) in [4.78, 5) is 17.1. The molecule has 0 saturated heterocycles. The SMILES string of the molecule is CC(=N)N(C(=O)C1=CCC(N(C)c2ccccc2)=CC=C1)C(C)c1cccc(C)c1.CC1CCCCC1. The van der Waals surface area contributed by atoms with Gasteiger partial charge in [-0.25, -0.2) is 0 Å². The van der Waals surface area contributed by atoms with Gasteiger partial charge in [-0.05, 0) is 56.5 Å². The van der Waals surface area contributed by atoms with E-state index in [9.17, 15) is 4.79 Å². The van der Waals surface area contributed by atoms with E-state index >= 15 is 0 Å². The monoisotopic (exact) mass is 497 g/mol. The molecule has 0 bridgehead atoms. The number of para-hydroxylation sites is 1. The van der Waals surface area contributed by atoms with Crippen LogP contribution in [0.4, 0.5) is 5.69 Å². The van der Waals surface area contributed by atoms with Crippen LogP contribution in [0.3, 0.4) is 0 Å². The van der Waals surface area contributed by atoms with E-state index in [2.05, 4.69) is 30.0 Å². The molecule has 2 aliphatic rings. The quantitative estimate of drug-likeness (QED) is 0.333. The fourth-order valence-corrected chi connectivity index (χ4v) is 4.98. The van der Waals surface area contributed by atoms with Crippen LogP contribution in [0.15, 0.2) is 90.2 Å². The van der Waals surface area contributed by atoms with Crippen LogP contribution in [-0.4, -0.2) is 23.7 Å². The topological polar surface area (TPSA) is 47.4 Å². The molecule has 1 N–H and O–H groups in total. The molecule has 0 aliphatic heterocycles. The Bertz CT molecular complexity index is 1140. The lowest BCUT2D eigenvalue weighted by Gasteiger charge is -2.29. The van der Waals surface area contributed by atoms with Crippen LogP contribution in [0.5, 0.6) is 0 Å². The van der Waals surface area contributed by atoms with Gasteiger partial charge < -0.3 is 4.90 Å². The third-order valence-corrected chi connectivity index (χ3v) is 7.30. The largest absolute Gasteiger partial charge is 0.348 e. The first-order valence-electron chi connectivity index (χ1n) is 13.6. The summed E-state index contributed by atoms with van der Waals surface area (Å²) in [6, 6.07) is 18.0. The Kier molecular flexibility index (Phi) is 10.5. The molecule has 1 saturated carbocycles. The third-order valence-electron chi connectivity index (χ3n) is 7.30. The second kappa shape index (κ2) is 13.8. The van der Waals surface area contributed by atoms with E-state index in [0.29, 0.717) is 12.0 Å². The Labute approximate surface area is 223 Å². The molecule has 4 nitrogen and oxygen atoms in total. The minimum atomic E-state index is -0.216. The first-order chi connectivity index (χ1) is 17.8. The number of amidine groups is 1. The van der Waals surface area contributed by atoms with Crippen molar-refractivity contribution < 1.29 is 4.79 Å². The third kappa shape index (κ3) is 8.04. The number of carbonyl (C=O) groups excluding carboxylic acids is 1. The number of hydrogen-bond acceptors (Lipinski definition) is 3. The molecule has 196 valence electrons. The number of allylic oxidation sites excluding steroid dienone is 3. The predicted molar refractivity (Wildman–Crippen MR) is 157 cm³/mol. The molecule has 0 heterocycles. The molecule has 4 rings (SSSR count). The molecule has 1 unspecified atom stereocenters. The van der Waals surface area contributed by atoms with Crippen LogP contribution in [0.2, 0.25) is 0 Å². The highest BCUT2D eigenvalue weighted by Gasteiger charge is 2.25. The summed E-state index contributed by atoms with van der Waals surface area (Å²) in [7, 11) is 2.03. The van der Waals surface area contributed by atoms with Gasteiger partial charge in [0.1, 0.15) is 5.84 Å². The number of benzene rings is 2. The Morgan fingerprint density at radius 2 is 1.73 bits per heavy atom. The van der Waals surface area contributed by atoms with Gasteiger partial charge in [-0.15, -0.1) is 0 Å². The predicted octanol–water partition coefficient (Wildman–Crippen LogP) is 8.37. The van der Waals surface area contributed by atoms with Crippen LogP contribution in [0, 0.1) is 18.3 Å². The molecule has 0 spiro atoms. The van der Waals surface area contributed by atoms with Crippen LogP contribution in [-0.2, 0) is 4.79 Å². The van der Waals surface area contributed by atoms with Gasteiger partial charge in [0.25, 0.3) is 5.91 Å². The zero-order valence-corrected chi connectivity index (χ0v) is 23.2. The fourth-order valence-electron chi connectivity index (χ4n) is 4.98. The van der Waals surface area contributed by atoms with Gasteiger partial charge in [0.2, 0.25) is 0 Å². The van der Waals surface area contributed by atoms with Crippen LogP contribution in [0.25, 0.3) is 0 Å². The second-order valence-electron chi connectivity index (χ2n) is 10.4. The molecule has 2 aliphatic carbocycles. The summed E-state index contributed by atoms with van der Waals surface area (Å²) in [5, 5.41) is 8.24. The lowest BCUT2D eigenvalue weighted by atomic mass is 9.91. The average molecular weight is 498 g/mol. The molecular formula is C33H43N3O. The lowest BCUT2D eigenvalue weighted by molar-refractivity contribution is -0.124. The van der Waals surface area contributed by atoms with Crippen LogP contribution >= 0.6 is 0 Å². The Morgan fingerprint density at radius 1 is 1.03 bits per heavy atom. The second-order valence-corrected chi connectivity index (χ2v) is 10.4. The van der Waals surface area contributed by atoms with Crippen molar-refractivity contribution >= 4 is 17.4 Å². The Hall–Kier alpha value is -3.40. The molecule has 2 aromatic rings. The first-order valence-corrected chi connectivity index (χ1v) is 13.6. The number of carbonyl (C=O) groups is 1. The van der Waals surface area contributed by atoms with Crippen molar-refractivity contribution in [1.29, 1.82) is 5.41 Å². The zero-order chi connectivity index (χ0) is 26.8. The number of aryl methyl sites for hydroxylation is 1. The number of anilines is 1. The first kappa shape index (κ1) is 28.2. The summed E-state index contributed by atoms with van der Waals surface area (Å²) >= 11 is 0. The molecule has 1 amide bonds. The highest BCUT2D eigenvalue weighted by Crippen LogP contribution is 2.26. The summed E-state index contributed by atoms with van der Waals surface area (Å²) in [5.74, 6) is 1.13. The molecule has 1 fully saturated rings. The van der Waals surface area contributed by atoms with Gasteiger partial charge in [-0.3, -0.25) is 15.1 Å². The molecule has 37 heavy (non-hydrogen) atoms. The maximum atomic E-state index is 13.4. The maximum absolute atomic E-state index is 13.4. The summed E-state index contributed by atoms with van der Waals surface area (Å²) < 4.78 is 0. The van der Waals surface area contributed by atoms with Crippen molar-refractivity contribution in [2.45, 2.75) is 72.3 Å². The number of nitrogens with one attached hydrogen (secondary N) is 1. The number of amides is 1. The number of nitrogens with zero attached hydrogens (tertiary/aromatic N) is 2. The fraction of sp³-hybridized carbons (Fsp3) is 0.394. The average Bonchev–Trinajstić information content (AvgIpc) is 3.16. The summed E-state index contributed by atoms with van der Waals surface area (Å²) in [6.45, 7) is 8.03. The van der Waals surface area contributed by atoms with E-state index in [1.54, 1.807) is 11.8 Å². The van der Waals surface area contributed by atoms with E-state index in [1.165, 1.54) is 32.1 Å². The van der Waals surface area contributed by atoms with Crippen LogP contribution in [0.1, 0.15) is 76.5 Å². The molecule has 4 heteroatoms. The molecule has 0 aromatic heterocycles. The van der Waals surface area contributed by atoms with Gasteiger partial charge in [0.15, 0.2) is 0 Å². The zero-order valence-electron chi connectivity index (χ0n) is 23.2. The minimum absolute atomic E-state index is 0.148. The van der Waals surface area contributed by atoms with Gasteiger partial charge in [-0.1, -0.05) is 99.2 Å². The molecular weight excluding hydrogens is 454 g/mol. The van der Waals surface area contributed by atoms with Gasteiger partial charge >= 0.3 is 0 Å². The van der Waals surface area contributed by atoms with E-state index in [0.717, 1.165) is 28.4 Å². The van der Waals surface area contributed by atoms with Crippen molar-refractivity contribution in [3.8, 4) is 0 Å². The normalized spacial score (nSPS) is 16.4. The number of hydrogen-bond donors (Lipinski definition) is 1. The Morgan fingerprint density at radius 3 is 2.32 bits per heavy atom.